The largest absolute Gasteiger partial charge is 0.497 e. The topological polar surface area (TPSA) is 38.8 Å². The van der Waals surface area contributed by atoms with Crippen LogP contribution in [0.3, 0.4) is 0 Å². The number of rotatable bonds is 4. The third-order valence-electron chi connectivity index (χ3n) is 2.82. The molecule has 1 aliphatic rings. The predicted molar refractivity (Wildman–Crippen MR) is 60.8 cm³/mol. The molecule has 2 atom stereocenters. The molecule has 0 aliphatic carbocycles. The maximum absolute atomic E-state index is 12.0. The van der Waals surface area contributed by atoms with E-state index in [4.69, 9.17) is 9.47 Å². The summed E-state index contributed by atoms with van der Waals surface area (Å²) in [5.41, 5.74) is 0.689. The maximum atomic E-state index is 12.0. The Bertz CT molecular complexity index is 381. The third kappa shape index (κ3) is 2.09. The van der Waals surface area contributed by atoms with E-state index in [1.165, 1.54) is 0 Å². The zero-order valence-electron chi connectivity index (χ0n) is 9.77. The van der Waals surface area contributed by atoms with Crippen molar-refractivity contribution in [2.45, 2.75) is 26.1 Å². The minimum atomic E-state index is -0.242. The number of carbonyl (C=O) groups is 1. The maximum Gasteiger partial charge on any atom is 0.194 e. The predicted octanol–water partition coefficient (Wildman–Crippen LogP) is 2.30. The number of methoxy groups -OCH3 is 1. The first-order valence-corrected chi connectivity index (χ1v) is 5.47. The fourth-order valence-corrected chi connectivity index (χ4v) is 1.76. The highest BCUT2D eigenvalue weighted by Crippen LogP contribution is 2.32. The number of hydrogen-bond acceptors (Lipinski definition) is 3. The van der Waals surface area contributed by atoms with Gasteiger partial charge < -0.3 is 9.47 Å². The van der Waals surface area contributed by atoms with E-state index in [2.05, 4.69) is 13.8 Å². The Hall–Kier alpha value is -1.35. The molecular formula is C13H16O3. The molecule has 1 aliphatic heterocycles. The Labute approximate surface area is 95.4 Å². The van der Waals surface area contributed by atoms with Gasteiger partial charge in [-0.05, 0) is 30.2 Å². The van der Waals surface area contributed by atoms with E-state index >= 15 is 0 Å². The lowest BCUT2D eigenvalue weighted by Gasteiger charge is -2.01. The van der Waals surface area contributed by atoms with Gasteiger partial charge in [0.05, 0.1) is 13.2 Å². The highest BCUT2D eigenvalue weighted by molar-refractivity contribution is 6.01. The van der Waals surface area contributed by atoms with Crippen LogP contribution >= 0.6 is 0 Å². The highest BCUT2D eigenvalue weighted by Gasteiger charge is 2.46. The van der Waals surface area contributed by atoms with Gasteiger partial charge in [0.2, 0.25) is 0 Å². The average Bonchev–Trinajstić information content (AvgIpc) is 3.08. The lowest BCUT2D eigenvalue weighted by atomic mass is 10.0. The van der Waals surface area contributed by atoms with Crippen LogP contribution in [0.2, 0.25) is 0 Å². The van der Waals surface area contributed by atoms with Gasteiger partial charge in [0.25, 0.3) is 0 Å². The van der Waals surface area contributed by atoms with Crippen LogP contribution in [0.1, 0.15) is 24.2 Å². The second kappa shape index (κ2) is 4.26. The van der Waals surface area contributed by atoms with Crippen molar-refractivity contribution in [3.63, 3.8) is 0 Å². The van der Waals surface area contributed by atoms with Gasteiger partial charge in [-0.1, -0.05) is 13.8 Å². The highest BCUT2D eigenvalue weighted by atomic mass is 16.6. The summed E-state index contributed by atoms with van der Waals surface area (Å²) in [7, 11) is 1.61. The van der Waals surface area contributed by atoms with Crippen molar-refractivity contribution < 1.29 is 14.3 Å². The summed E-state index contributed by atoms with van der Waals surface area (Å²) < 4.78 is 10.4. The minimum absolute atomic E-state index is 0.0707. The van der Waals surface area contributed by atoms with Crippen molar-refractivity contribution in [3.8, 4) is 5.75 Å². The number of ketones is 1. The summed E-state index contributed by atoms with van der Waals surface area (Å²) in [4.78, 5) is 12.0. The van der Waals surface area contributed by atoms with Crippen LogP contribution in [-0.2, 0) is 4.74 Å². The standard InChI is InChI=1S/C13H16O3/c1-8(2)12-13(16-12)11(14)9-4-6-10(15-3)7-5-9/h4-8,12-13H,1-3H3/t12-,13-/m1/s1. The summed E-state index contributed by atoms with van der Waals surface area (Å²) in [5, 5.41) is 0. The average molecular weight is 220 g/mol. The molecule has 0 aromatic heterocycles. The number of carbonyl (C=O) groups excluding carboxylic acids is 1. The molecule has 0 amide bonds. The van der Waals surface area contributed by atoms with Gasteiger partial charge in [-0.15, -0.1) is 0 Å². The quantitative estimate of drug-likeness (QED) is 0.577. The van der Waals surface area contributed by atoms with Gasteiger partial charge in [-0.2, -0.15) is 0 Å². The zero-order chi connectivity index (χ0) is 11.7. The molecule has 0 bridgehead atoms. The second-order valence-corrected chi connectivity index (χ2v) is 4.36. The summed E-state index contributed by atoms with van der Waals surface area (Å²) in [5.74, 6) is 1.22. The van der Waals surface area contributed by atoms with E-state index in [0.717, 1.165) is 5.75 Å². The van der Waals surface area contributed by atoms with Crippen LogP contribution in [0.25, 0.3) is 0 Å². The van der Waals surface area contributed by atoms with Crippen LogP contribution in [0.4, 0.5) is 0 Å². The molecule has 0 radical (unpaired) electrons. The number of Topliss-reactive ketones (excluding diaryl/α,β-unsaturated/α-hetero) is 1. The molecule has 1 saturated heterocycles. The second-order valence-electron chi connectivity index (χ2n) is 4.36. The van der Waals surface area contributed by atoms with Crippen molar-refractivity contribution >= 4 is 5.78 Å². The molecule has 1 heterocycles. The summed E-state index contributed by atoms with van der Waals surface area (Å²) >= 11 is 0. The Morgan fingerprint density at radius 1 is 1.31 bits per heavy atom. The molecule has 86 valence electrons. The van der Waals surface area contributed by atoms with E-state index in [0.29, 0.717) is 11.5 Å². The molecule has 1 aromatic carbocycles. The Balaban J connectivity index is 2.05. The number of ether oxygens (including phenoxy) is 2. The Morgan fingerprint density at radius 3 is 2.38 bits per heavy atom. The number of epoxide rings is 1. The molecular weight excluding hydrogens is 204 g/mol. The first-order valence-electron chi connectivity index (χ1n) is 5.47. The summed E-state index contributed by atoms with van der Waals surface area (Å²) in [6, 6.07) is 7.14. The van der Waals surface area contributed by atoms with Crippen LogP contribution in [0.5, 0.6) is 5.75 Å². The van der Waals surface area contributed by atoms with E-state index in [9.17, 15) is 4.79 Å². The van der Waals surface area contributed by atoms with E-state index in [1.807, 2.05) is 0 Å². The number of hydrogen-bond donors (Lipinski definition) is 0. The molecule has 0 spiro atoms. The normalized spacial score (nSPS) is 23.2. The van der Waals surface area contributed by atoms with Gasteiger partial charge in [0.1, 0.15) is 11.9 Å². The lowest BCUT2D eigenvalue weighted by Crippen LogP contribution is -2.13. The molecule has 2 rings (SSSR count). The van der Waals surface area contributed by atoms with Gasteiger partial charge in [0, 0.05) is 5.56 Å². The lowest BCUT2D eigenvalue weighted by molar-refractivity contribution is 0.0953. The monoisotopic (exact) mass is 220 g/mol. The molecule has 3 heteroatoms. The third-order valence-corrected chi connectivity index (χ3v) is 2.82. The van der Waals surface area contributed by atoms with Gasteiger partial charge in [-0.25, -0.2) is 0 Å². The molecule has 0 unspecified atom stereocenters. The molecule has 0 saturated carbocycles. The van der Waals surface area contributed by atoms with E-state index < -0.39 is 0 Å². The minimum Gasteiger partial charge on any atom is -0.497 e. The molecule has 3 nitrogen and oxygen atoms in total. The fourth-order valence-electron chi connectivity index (χ4n) is 1.76. The first-order chi connectivity index (χ1) is 7.63. The molecule has 1 aromatic rings. The summed E-state index contributed by atoms with van der Waals surface area (Å²) in [6.45, 7) is 4.12. The number of benzene rings is 1. The van der Waals surface area contributed by atoms with Crippen LogP contribution in [-0.4, -0.2) is 25.1 Å². The Morgan fingerprint density at radius 2 is 1.94 bits per heavy atom. The van der Waals surface area contributed by atoms with Crippen molar-refractivity contribution in [3.05, 3.63) is 29.8 Å². The van der Waals surface area contributed by atoms with E-state index in [1.54, 1.807) is 31.4 Å². The van der Waals surface area contributed by atoms with Crippen LogP contribution < -0.4 is 4.74 Å². The molecule has 16 heavy (non-hydrogen) atoms. The van der Waals surface area contributed by atoms with Crippen LogP contribution in [0.15, 0.2) is 24.3 Å². The van der Waals surface area contributed by atoms with Gasteiger partial charge in [0.15, 0.2) is 5.78 Å². The first kappa shape index (κ1) is 11.1. The molecule has 1 fully saturated rings. The summed E-state index contributed by atoms with van der Waals surface area (Å²) in [6.07, 6.45) is -0.150. The van der Waals surface area contributed by atoms with Crippen molar-refractivity contribution in [2.75, 3.05) is 7.11 Å². The van der Waals surface area contributed by atoms with Crippen LogP contribution in [0, 0.1) is 5.92 Å². The van der Waals surface area contributed by atoms with E-state index in [-0.39, 0.29) is 18.0 Å². The smallest absolute Gasteiger partial charge is 0.194 e. The zero-order valence-corrected chi connectivity index (χ0v) is 9.77. The van der Waals surface area contributed by atoms with Crippen molar-refractivity contribution in [1.29, 1.82) is 0 Å². The Kier molecular flexibility index (Phi) is 2.97. The fraction of sp³-hybridized carbons (Fsp3) is 0.462. The SMILES string of the molecule is COc1ccc(C(=O)[C@H]2O[C@@H]2C(C)C)cc1. The van der Waals surface area contributed by atoms with Gasteiger partial charge >= 0.3 is 0 Å². The van der Waals surface area contributed by atoms with Crippen molar-refractivity contribution in [2.24, 2.45) is 5.92 Å². The van der Waals surface area contributed by atoms with Crippen molar-refractivity contribution in [1.82, 2.24) is 0 Å². The molecule has 0 N–H and O–H groups in total. The van der Waals surface area contributed by atoms with Gasteiger partial charge in [-0.3, -0.25) is 4.79 Å².